The molecule has 9 atom stereocenters. The van der Waals surface area contributed by atoms with Crippen molar-refractivity contribution in [1.29, 1.82) is 0 Å². The molecule has 5 rings (SSSR count). The first-order valence-electron chi connectivity index (χ1n) is 14.1. The van der Waals surface area contributed by atoms with Gasteiger partial charge in [-0.25, -0.2) is 0 Å². The Hall–Kier alpha value is -0.550. The quantitative estimate of drug-likeness (QED) is 0.400. The highest BCUT2D eigenvalue weighted by Gasteiger charge is 2.61. The van der Waals surface area contributed by atoms with Gasteiger partial charge in [0.1, 0.15) is 0 Å². The van der Waals surface area contributed by atoms with Gasteiger partial charge in [-0.2, -0.15) is 13.2 Å². The molecule has 0 amide bonds. The monoisotopic (exact) mass is 482 g/mol. The Kier molecular flexibility index (Phi) is 6.28. The molecule has 0 bridgehead atoms. The van der Waals surface area contributed by atoms with Crippen molar-refractivity contribution in [3.05, 3.63) is 11.6 Å². The molecule has 0 aromatic carbocycles. The zero-order valence-electron chi connectivity index (χ0n) is 21.3. The SMILES string of the molecule is C[C@H](CC[C@@](O)(C1CCC1)C(F)(F)F)[C@H]1CC[C@H]2[C@@H]3CC=C4C[C@@H](O)CC[C@]4(C)[C@H]3CC[C@]12C. The number of hydrogen-bond acceptors (Lipinski definition) is 2. The van der Waals surface area contributed by atoms with Gasteiger partial charge in [-0.1, -0.05) is 38.8 Å². The number of alkyl halides is 3. The van der Waals surface area contributed by atoms with Gasteiger partial charge in [-0.15, -0.1) is 0 Å². The van der Waals surface area contributed by atoms with Crippen LogP contribution in [0.15, 0.2) is 11.6 Å². The first kappa shape index (κ1) is 25.1. The fraction of sp³-hybridized carbons (Fsp3) is 0.931. The van der Waals surface area contributed by atoms with Crippen LogP contribution in [0.25, 0.3) is 0 Å². The van der Waals surface area contributed by atoms with E-state index in [1.807, 2.05) is 0 Å². The van der Waals surface area contributed by atoms with E-state index >= 15 is 0 Å². The summed E-state index contributed by atoms with van der Waals surface area (Å²) < 4.78 is 41.6. The lowest BCUT2D eigenvalue weighted by atomic mass is 9.47. The minimum atomic E-state index is -4.53. The fourth-order valence-corrected chi connectivity index (χ4v) is 9.73. The maximum Gasteiger partial charge on any atom is 0.417 e. The lowest BCUT2D eigenvalue weighted by Crippen LogP contribution is -2.54. The normalized spacial score (nSPS) is 45.3. The molecule has 0 saturated heterocycles. The standard InChI is InChI=1S/C29H45F3O2/c1-18(11-16-28(34,29(30,31)32)19-5-4-6-19)23-9-10-24-22-8-7-20-17-21(33)12-14-26(20,2)25(22)13-15-27(23,24)3/h7,18-19,21-25,33-34H,4-6,8-17H2,1-3H3/t18-,21+,22+,23-,24+,25+,26+,27-,28-/m1/s1. The zero-order valence-corrected chi connectivity index (χ0v) is 21.3. The molecule has 0 heterocycles. The summed E-state index contributed by atoms with van der Waals surface area (Å²) in [6.07, 6.45) is 8.50. The molecule has 0 aliphatic heterocycles. The molecule has 5 aliphatic carbocycles. The van der Waals surface area contributed by atoms with Gasteiger partial charge in [0.15, 0.2) is 5.60 Å². The van der Waals surface area contributed by atoms with Gasteiger partial charge < -0.3 is 10.2 Å². The molecule has 0 spiro atoms. The van der Waals surface area contributed by atoms with Crippen LogP contribution in [-0.4, -0.2) is 28.1 Å². The van der Waals surface area contributed by atoms with Crippen molar-refractivity contribution < 1.29 is 23.4 Å². The average molecular weight is 483 g/mol. The van der Waals surface area contributed by atoms with Gasteiger partial charge in [-0.3, -0.25) is 0 Å². The highest BCUT2D eigenvalue weighted by Crippen LogP contribution is 2.67. The molecule has 5 aliphatic rings. The van der Waals surface area contributed by atoms with E-state index in [9.17, 15) is 23.4 Å². The molecule has 4 fully saturated rings. The van der Waals surface area contributed by atoms with E-state index in [1.165, 1.54) is 24.8 Å². The molecule has 194 valence electrons. The summed E-state index contributed by atoms with van der Waals surface area (Å²) in [5.41, 5.74) is -0.593. The zero-order chi connectivity index (χ0) is 24.5. The maximum atomic E-state index is 13.9. The maximum absolute atomic E-state index is 13.9. The minimum absolute atomic E-state index is 0.141. The second-order valence-corrected chi connectivity index (χ2v) is 13.5. The van der Waals surface area contributed by atoms with Crippen LogP contribution in [0, 0.1) is 46.3 Å². The summed E-state index contributed by atoms with van der Waals surface area (Å²) in [4.78, 5) is 0. The molecule has 0 radical (unpaired) electrons. The molecule has 2 N–H and O–H groups in total. The minimum Gasteiger partial charge on any atom is -0.393 e. The number of halogens is 3. The summed E-state index contributed by atoms with van der Waals surface area (Å²) in [7, 11) is 0. The highest BCUT2D eigenvalue weighted by atomic mass is 19.4. The van der Waals surface area contributed by atoms with E-state index < -0.39 is 17.7 Å². The van der Waals surface area contributed by atoms with Crippen molar-refractivity contribution in [3.8, 4) is 0 Å². The summed E-state index contributed by atoms with van der Waals surface area (Å²) in [6.45, 7) is 7.04. The van der Waals surface area contributed by atoms with Crippen molar-refractivity contribution in [1.82, 2.24) is 0 Å². The van der Waals surface area contributed by atoms with Crippen molar-refractivity contribution in [2.45, 2.75) is 122 Å². The van der Waals surface area contributed by atoms with Crippen LogP contribution < -0.4 is 0 Å². The summed E-state index contributed by atoms with van der Waals surface area (Å²) in [5.74, 6) is 2.04. The first-order chi connectivity index (χ1) is 15.9. The van der Waals surface area contributed by atoms with Crippen molar-refractivity contribution in [2.24, 2.45) is 46.3 Å². The van der Waals surface area contributed by atoms with Crippen LogP contribution >= 0.6 is 0 Å². The molecule has 34 heavy (non-hydrogen) atoms. The Bertz CT molecular complexity index is 804. The Morgan fingerprint density at radius 1 is 1.03 bits per heavy atom. The lowest BCUT2D eigenvalue weighted by Gasteiger charge is -2.58. The van der Waals surface area contributed by atoms with Crippen LogP contribution in [-0.2, 0) is 0 Å². The summed E-state index contributed by atoms with van der Waals surface area (Å²) >= 11 is 0. The molecule has 5 heteroatoms. The Labute approximate surface area is 203 Å². The van der Waals surface area contributed by atoms with Crippen molar-refractivity contribution in [2.75, 3.05) is 0 Å². The van der Waals surface area contributed by atoms with Gasteiger partial charge >= 0.3 is 6.18 Å². The van der Waals surface area contributed by atoms with E-state index in [4.69, 9.17) is 0 Å². The first-order valence-corrected chi connectivity index (χ1v) is 14.1. The lowest BCUT2D eigenvalue weighted by molar-refractivity contribution is -0.291. The largest absolute Gasteiger partial charge is 0.417 e. The third-order valence-corrected chi connectivity index (χ3v) is 12.1. The Balaban J connectivity index is 1.30. The van der Waals surface area contributed by atoms with Crippen LogP contribution in [0.3, 0.4) is 0 Å². The number of hydrogen-bond donors (Lipinski definition) is 2. The number of rotatable bonds is 5. The number of allylic oxidation sites excluding steroid dienone is 1. The Morgan fingerprint density at radius 3 is 2.41 bits per heavy atom. The van der Waals surface area contributed by atoms with Crippen molar-refractivity contribution >= 4 is 0 Å². The molecule has 2 nitrogen and oxygen atoms in total. The van der Waals surface area contributed by atoms with Crippen molar-refractivity contribution in [3.63, 3.8) is 0 Å². The fourth-order valence-electron chi connectivity index (χ4n) is 9.73. The van der Waals surface area contributed by atoms with Gasteiger partial charge in [0.05, 0.1) is 6.10 Å². The predicted octanol–water partition coefficient (Wildman–Crippen LogP) is 7.44. The van der Waals surface area contributed by atoms with Gasteiger partial charge in [0.2, 0.25) is 0 Å². The second-order valence-electron chi connectivity index (χ2n) is 13.5. The number of aliphatic hydroxyl groups is 2. The van der Waals surface area contributed by atoms with Crippen LogP contribution in [0.1, 0.15) is 104 Å². The van der Waals surface area contributed by atoms with Gasteiger partial charge in [0.25, 0.3) is 0 Å². The van der Waals surface area contributed by atoms with E-state index in [0.29, 0.717) is 42.9 Å². The molecular weight excluding hydrogens is 437 g/mol. The van der Waals surface area contributed by atoms with Gasteiger partial charge in [-0.05, 0) is 123 Å². The second kappa shape index (κ2) is 8.50. The molecule has 0 unspecified atom stereocenters. The van der Waals surface area contributed by atoms with Crippen LogP contribution in [0.2, 0.25) is 0 Å². The third-order valence-electron chi connectivity index (χ3n) is 12.1. The van der Waals surface area contributed by atoms with E-state index in [1.54, 1.807) is 0 Å². The molecule has 0 aromatic rings. The topological polar surface area (TPSA) is 40.5 Å². The summed E-state index contributed by atoms with van der Waals surface area (Å²) in [6, 6.07) is 0. The summed E-state index contributed by atoms with van der Waals surface area (Å²) in [5, 5.41) is 20.9. The Morgan fingerprint density at radius 2 is 1.76 bits per heavy atom. The van der Waals surface area contributed by atoms with Crippen LogP contribution in [0.4, 0.5) is 13.2 Å². The van der Waals surface area contributed by atoms with E-state index in [2.05, 4.69) is 26.8 Å². The smallest absolute Gasteiger partial charge is 0.393 e. The highest BCUT2D eigenvalue weighted by molar-refractivity contribution is 5.25. The van der Waals surface area contributed by atoms with Crippen LogP contribution in [0.5, 0.6) is 0 Å². The predicted molar refractivity (Wildman–Crippen MR) is 128 cm³/mol. The molecular formula is C29H45F3O2. The number of aliphatic hydroxyl groups excluding tert-OH is 1. The average Bonchev–Trinajstić information content (AvgIpc) is 3.08. The molecule has 4 saturated carbocycles. The van der Waals surface area contributed by atoms with E-state index in [-0.39, 0.29) is 29.3 Å². The third kappa shape index (κ3) is 3.73. The number of fused-ring (bicyclic) bond motifs is 5. The van der Waals surface area contributed by atoms with E-state index in [0.717, 1.165) is 38.5 Å². The molecule has 0 aromatic heterocycles. The van der Waals surface area contributed by atoms with Gasteiger partial charge in [0, 0.05) is 0 Å².